The number of rotatable bonds is 5. The summed E-state index contributed by atoms with van der Waals surface area (Å²) in [7, 11) is 2.09. The van der Waals surface area contributed by atoms with E-state index in [1.54, 1.807) is 0 Å². The summed E-state index contributed by atoms with van der Waals surface area (Å²) in [4.78, 5) is 17.4. The van der Waals surface area contributed by atoms with E-state index in [9.17, 15) is 4.79 Å². The Labute approximate surface area is 176 Å². The van der Waals surface area contributed by atoms with Crippen LogP contribution in [-0.4, -0.2) is 54.4 Å². The van der Waals surface area contributed by atoms with E-state index in [2.05, 4.69) is 63.4 Å². The fourth-order valence-electron chi connectivity index (χ4n) is 4.71. The lowest BCUT2D eigenvalue weighted by molar-refractivity contribution is 0.0728. The number of likely N-dealkylation sites (tertiary alicyclic amines) is 1. The molecule has 7 nitrogen and oxygen atoms in total. The molecule has 2 aliphatic heterocycles. The second-order valence-corrected chi connectivity index (χ2v) is 8.45. The quantitative estimate of drug-likeness (QED) is 0.656. The van der Waals surface area contributed by atoms with Crippen LogP contribution in [0.25, 0.3) is 0 Å². The maximum Gasteiger partial charge on any atom is 0.276 e. The van der Waals surface area contributed by atoms with E-state index in [0.29, 0.717) is 18.3 Å². The Bertz CT molecular complexity index is 1040. The standard InChI is InChI=1S/C23H28N6O/c1-26-11-4-8-20(26)15-27-12-5-9-21(27)16-29-17-22(24-25-29)23(30)28-13-10-18-6-2-3-7-19(18)14-28/h2-4,6-8,11,17,21H,5,9-10,12-16H2,1H3/t21-/m0/s1. The molecule has 1 aromatic carbocycles. The highest BCUT2D eigenvalue weighted by atomic mass is 16.2. The van der Waals surface area contributed by atoms with Crippen LogP contribution >= 0.6 is 0 Å². The zero-order chi connectivity index (χ0) is 20.5. The molecule has 5 rings (SSSR count). The third kappa shape index (κ3) is 3.77. The Hall–Kier alpha value is -2.93. The molecule has 1 saturated heterocycles. The lowest BCUT2D eigenvalue weighted by Gasteiger charge is -2.28. The number of hydrogen-bond donors (Lipinski definition) is 0. The SMILES string of the molecule is Cn1cccc1CN1CCC[C@H]1Cn1cc(C(=O)N2CCc3ccccc3C2)nn1. The fourth-order valence-corrected chi connectivity index (χ4v) is 4.71. The summed E-state index contributed by atoms with van der Waals surface area (Å²) in [6.07, 6.45) is 7.15. The predicted octanol–water partition coefficient (Wildman–Crippen LogP) is 2.48. The van der Waals surface area contributed by atoms with E-state index in [0.717, 1.165) is 39.0 Å². The molecule has 0 bridgehead atoms. The van der Waals surface area contributed by atoms with Crippen LogP contribution in [0.2, 0.25) is 0 Å². The maximum absolute atomic E-state index is 13.0. The number of hydrogen-bond acceptors (Lipinski definition) is 4. The van der Waals surface area contributed by atoms with E-state index in [1.165, 1.54) is 23.2 Å². The summed E-state index contributed by atoms with van der Waals surface area (Å²) in [5.74, 6) is -0.0251. The van der Waals surface area contributed by atoms with Gasteiger partial charge in [-0.25, -0.2) is 0 Å². The molecule has 0 unspecified atom stereocenters. The predicted molar refractivity (Wildman–Crippen MR) is 114 cm³/mol. The molecule has 0 N–H and O–H groups in total. The molecule has 4 heterocycles. The zero-order valence-corrected chi connectivity index (χ0v) is 17.4. The Morgan fingerprint density at radius 1 is 1.13 bits per heavy atom. The highest BCUT2D eigenvalue weighted by Gasteiger charge is 2.27. The van der Waals surface area contributed by atoms with Gasteiger partial charge < -0.3 is 9.47 Å². The number of carbonyl (C=O) groups excluding carboxylic acids is 1. The lowest BCUT2D eigenvalue weighted by Crippen LogP contribution is -2.36. The lowest BCUT2D eigenvalue weighted by atomic mass is 10.00. The van der Waals surface area contributed by atoms with Crippen molar-refractivity contribution in [2.75, 3.05) is 13.1 Å². The van der Waals surface area contributed by atoms with Gasteiger partial charge in [-0.3, -0.25) is 14.4 Å². The number of amides is 1. The van der Waals surface area contributed by atoms with Gasteiger partial charge >= 0.3 is 0 Å². The van der Waals surface area contributed by atoms with Gasteiger partial charge in [0.25, 0.3) is 5.91 Å². The van der Waals surface area contributed by atoms with Crippen molar-refractivity contribution in [1.29, 1.82) is 0 Å². The minimum Gasteiger partial charge on any atom is -0.353 e. The molecule has 2 aliphatic rings. The van der Waals surface area contributed by atoms with E-state index in [-0.39, 0.29) is 5.91 Å². The smallest absolute Gasteiger partial charge is 0.276 e. The van der Waals surface area contributed by atoms with Crippen LogP contribution in [0.1, 0.15) is 40.2 Å². The van der Waals surface area contributed by atoms with Gasteiger partial charge in [-0.15, -0.1) is 5.10 Å². The minimum absolute atomic E-state index is 0.0251. The molecule has 0 spiro atoms. The Morgan fingerprint density at radius 3 is 2.83 bits per heavy atom. The normalized spacial score (nSPS) is 19.2. The number of benzene rings is 1. The number of nitrogens with zero attached hydrogens (tertiary/aromatic N) is 6. The number of carbonyl (C=O) groups is 1. The molecule has 2 aromatic heterocycles. The first-order chi connectivity index (χ1) is 14.7. The van der Waals surface area contributed by atoms with Gasteiger partial charge in [-0.1, -0.05) is 29.5 Å². The zero-order valence-electron chi connectivity index (χ0n) is 17.4. The van der Waals surface area contributed by atoms with Gasteiger partial charge in [0.2, 0.25) is 0 Å². The van der Waals surface area contributed by atoms with Crippen LogP contribution in [0, 0.1) is 0 Å². The molecule has 156 valence electrons. The van der Waals surface area contributed by atoms with Crippen LogP contribution in [0.5, 0.6) is 0 Å². The average molecular weight is 405 g/mol. The first-order valence-corrected chi connectivity index (χ1v) is 10.8. The van der Waals surface area contributed by atoms with E-state index in [1.807, 2.05) is 21.8 Å². The van der Waals surface area contributed by atoms with Crippen LogP contribution in [0.4, 0.5) is 0 Å². The summed E-state index contributed by atoms with van der Waals surface area (Å²) in [6, 6.07) is 13.0. The number of aryl methyl sites for hydroxylation is 1. The molecule has 0 saturated carbocycles. The third-order valence-electron chi connectivity index (χ3n) is 6.49. The molecule has 30 heavy (non-hydrogen) atoms. The second-order valence-electron chi connectivity index (χ2n) is 8.45. The summed E-state index contributed by atoms with van der Waals surface area (Å²) in [6.45, 7) is 4.20. The van der Waals surface area contributed by atoms with E-state index < -0.39 is 0 Å². The van der Waals surface area contributed by atoms with Crippen molar-refractivity contribution in [2.24, 2.45) is 7.05 Å². The highest BCUT2D eigenvalue weighted by molar-refractivity contribution is 5.92. The van der Waals surface area contributed by atoms with Crippen LogP contribution in [0.3, 0.4) is 0 Å². The van der Waals surface area contributed by atoms with Crippen LogP contribution < -0.4 is 0 Å². The summed E-state index contributed by atoms with van der Waals surface area (Å²) < 4.78 is 4.03. The van der Waals surface area contributed by atoms with E-state index in [4.69, 9.17) is 0 Å². The maximum atomic E-state index is 13.0. The fraction of sp³-hybridized carbons (Fsp3) is 0.435. The first-order valence-electron chi connectivity index (χ1n) is 10.8. The van der Waals surface area contributed by atoms with Gasteiger partial charge in [0.05, 0.1) is 12.7 Å². The molecule has 3 aromatic rings. The third-order valence-corrected chi connectivity index (χ3v) is 6.49. The van der Waals surface area contributed by atoms with Crippen molar-refractivity contribution < 1.29 is 4.79 Å². The Morgan fingerprint density at radius 2 is 2.00 bits per heavy atom. The van der Waals surface area contributed by atoms with Gasteiger partial charge in [-0.05, 0) is 49.1 Å². The summed E-state index contributed by atoms with van der Waals surface area (Å²) in [5.41, 5.74) is 4.33. The van der Waals surface area contributed by atoms with Crippen molar-refractivity contribution in [1.82, 2.24) is 29.4 Å². The van der Waals surface area contributed by atoms with Crippen molar-refractivity contribution in [3.05, 3.63) is 71.3 Å². The largest absolute Gasteiger partial charge is 0.353 e. The second kappa shape index (κ2) is 8.07. The van der Waals surface area contributed by atoms with Gasteiger partial charge in [0, 0.05) is 44.6 Å². The Balaban J connectivity index is 1.23. The molecule has 1 amide bonds. The van der Waals surface area contributed by atoms with Crippen molar-refractivity contribution in [3.63, 3.8) is 0 Å². The molecular weight excluding hydrogens is 376 g/mol. The Kier molecular flexibility index (Phi) is 5.12. The molecule has 1 fully saturated rings. The van der Waals surface area contributed by atoms with Gasteiger partial charge in [-0.2, -0.15) is 0 Å². The molecule has 0 aliphatic carbocycles. The number of aromatic nitrogens is 4. The highest BCUT2D eigenvalue weighted by Crippen LogP contribution is 2.22. The summed E-state index contributed by atoms with van der Waals surface area (Å²) >= 11 is 0. The molecule has 0 radical (unpaired) electrons. The topological polar surface area (TPSA) is 59.2 Å². The van der Waals surface area contributed by atoms with E-state index >= 15 is 0 Å². The monoisotopic (exact) mass is 404 g/mol. The van der Waals surface area contributed by atoms with Gasteiger partial charge in [0.15, 0.2) is 5.69 Å². The average Bonchev–Trinajstić information content (AvgIpc) is 3.51. The minimum atomic E-state index is -0.0251. The first kappa shape index (κ1) is 19.1. The number of fused-ring (bicyclic) bond motifs is 1. The molecule has 1 atom stereocenters. The van der Waals surface area contributed by atoms with Crippen molar-refractivity contribution in [2.45, 2.75) is 44.9 Å². The van der Waals surface area contributed by atoms with Crippen LogP contribution in [-0.2, 0) is 33.1 Å². The molecule has 7 heteroatoms. The van der Waals surface area contributed by atoms with Gasteiger partial charge in [0.1, 0.15) is 0 Å². The molecular formula is C23H28N6O. The van der Waals surface area contributed by atoms with Crippen molar-refractivity contribution >= 4 is 5.91 Å². The van der Waals surface area contributed by atoms with Crippen LogP contribution in [0.15, 0.2) is 48.8 Å². The summed E-state index contributed by atoms with van der Waals surface area (Å²) in [5, 5.41) is 8.48. The van der Waals surface area contributed by atoms with Crippen molar-refractivity contribution in [3.8, 4) is 0 Å².